The third-order valence-electron chi connectivity index (χ3n) is 2.25. The normalized spacial score (nSPS) is 11.8. The Labute approximate surface area is 80.9 Å². The fraction of sp³-hybridized carbons (Fsp3) is 0.500. The SMILES string of the molecule is C/C=C\c1[nH]cc(CC(C)C)c1C. The van der Waals surface area contributed by atoms with Crippen LogP contribution < -0.4 is 0 Å². The fourth-order valence-electron chi connectivity index (χ4n) is 1.55. The number of aromatic nitrogens is 1. The number of hydrogen-bond donors (Lipinski definition) is 1. The molecule has 0 aliphatic carbocycles. The van der Waals surface area contributed by atoms with E-state index in [-0.39, 0.29) is 0 Å². The van der Waals surface area contributed by atoms with Gasteiger partial charge < -0.3 is 4.98 Å². The molecule has 0 saturated heterocycles. The van der Waals surface area contributed by atoms with Gasteiger partial charge in [-0.2, -0.15) is 0 Å². The van der Waals surface area contributed by atoms with Crippen molar-refractivity contribution >= 4 is 6.08 Å². The Balaban J connectivity index is 2.86. The molecule has 1 heteroatoms. The molecule has 13 heavy (non-hydrogen) atoms. The number of rotatable bonds is 3. The van der Waals surface area contributed by atoms with E-state index in [1.54, 1.807) is 0 Å². The Morgan fingerprint density at radius 2 is 2.15 bits per heavy atom. The largest absolute Gasteiger partial charge is 0.361 e. The highest BCUT2D eigenvalue weighted by Crippen LogP contribution is 2.17. The minimum Gasteiger partial charge on any atom is -0.361 e. The van der Waals surface area contributed by atoms with Crippen molar-refractivity contribution in [3.63, 3.8) is 0 Å². The predicted molar refractivity (Wildman–Crippen MR) is 58.8 cm³/mol. The Bertz CT molecular complexity index is 292. The van der Waals surface area contributed by atoms with E-state index in [2.05, 4.69) is 44.1 Å². The Hall–Kier alpha value is -0.980. The second kappa shape index (κ2) is 4.31. The first-order valence-corrected chi connectivity index (χ1v) is 4.94. The highest BCUT2D eigenvalue weighted by molar-refractivity contribution is 5.51. The van der Waals surface area contributed by atoms with Gasteiger partial charge in [-0.3, -0.25) is 0 Å². The van der Waals surface area contributed by atoms with Crippen molar-refractivity contribution in [3.8, 4) is 0 Å². The second-order valence-electron chi connectivity index (χ2n) is 3.95. The lowest BCUT2D eigenvalue weighted by Crippen LogP contribution is -1.93. The first kappa shape index (κ1) is 10.1. The van der Waals surface area contributed by atoms with Crippen molar-refractivity contribution in [3.05, 3.63) is 29.1 Å². The number of hydrogen-bond acceptors (Lipinski definition) is 0. The summed E-state index contributed by atoms with van der Waals surface area (Å²) >= 11 is 0. The summed E-state index contributed by atoms with van der Waals surface area (Å²) in [6, 6.07) is 0. The van der Waals surface area contributed by atoms with Crippen LogP contribution in [0.5, 0.6) is 0 Å². The van der Waals surface area contributed by atoms with Gasteiger partial charge in [-0.1, -0.05) is 19.9 Å². The molecule has 1 aromatic heterocycles. The predicted octanol–water partition coefficient (Wildman–Crippen LogP) is 3.55. The molecule has 0 spiro atoms. The van der Waals surface area contributed by atoms with Gasteiger partial charge in [0.05, 0.1) is 0 Å². The quantitative estimate of drug-likeness (QED) is 0.726. The molecule has 1 aromatic rings. The maximum Gasteiger partial charge on any atom is 0.0409 e. The minimum atomic E-state index is 0.730. The van der Waals surface area contributed by atoms with Crippen LogP contribution in [-0.2, 0) is 6.42 Å². The maximum atomic E-state index is 3.29. The van der Waals surface area contributed by atoms with Crippen LogP contribution in [0.3, 0.4) is 0 Å². The van der Waals surface area contributed by atoms with Gasteiger partial charge >= 0.3 is 0 Å². The average molecular weight is 177 g/mol. The molecular formula is C12H19N. The van der Waals surface area contributed by atoms with Gasteiger partial charge in [-0.15, -0.1) is 0 Å². The zero-order valence-electron chi connectivity index (χ0n) is 9.02. The second-order valence-corrected chi connectivity index (χ2v) is 3.95. The fourth-order valence-corrected chi connectivity index (χ4v) is 1.55. The van der Waals surface area contributed by atoms with Gasteiger partial charge in [0.1, 0.15) is 0 Å². The number of H-pyrrole nitrogens is 1. The summed E-state index contributed by atoms with van der Waals surface area (Å²) in [4.78, 5) is 3.29. The summed E-state index contributed by atoms with van der Waals surface area (Å²) in [7, 11) is 0. The third-order valence-corrected chi connectivity index (χ3v) is 2.25. The summed E-state index contributed by atoms with van der Waals surface area (Å²) < 4.78 is 0. The molecule has 0 bridgehead atoms. The Morgan fingerprint density at radius 3 is 2.69 bits per heavy atom. The molecule has 0 unspecified atom stereocenters. The van der Waals surface area contributed by atoms with E-state index in [0.29, 0.717) is 0 Å². The lowest BCUT2D eigenvalue weighted by molar-refractivity contribution is 0.646. The van der Waals surface area contributed by atoms with Gasteiger partial charge in [0.25, 0.3) is 0 Å². The van der Waals surface area contributed by atoms with Gasteiger partial charge in [-0.05, 0) is 43.4 Å². The molecule has 0 saturated carbocycles. The summed E-state index contributed by atoms with van der Waals surface area (Å²) in [5.41, 5.74) is 4.09. The summed E-state index contributed by atoms with van der Waals surface area (Å²) in [6.07, 6.45) is 7.49. The topological polar surface area (TPSA) is 15.8 Å². The van der Waals surface area contributed by atoms with Crippen LogP contribution in [0.2, 0.25) is 0 Å². The first-order valence-electron chi connectivity index (χ1n) is 4.94. The number of nitrogens with one attached hydrogen (secondary N) is 1. The molecular weight excluding hydrogens is 158 g/mol. The van der Waals surface area contributed by atoms with Crippen molar-refractivity contribution in [2.45, 2.75) is 34.1 Å². The molecule has 1 nitrogen and oxygen atoms in total. The van der Waals surface area contributed by atoms with Crippen LogP contribution in [0, 0.1) is 12.8 Å². The summed E-state index contributed by atoms with van der Waals surface area (Å²) in [5.74, 6) is 0.730. The van der Waals surface area contributed by atoms with E-state index in [1.807, 2.05) is 6.92 Å². The molecule has 0 atom stereocenters. The van der Waals surface area contributed by atoms with Crippen molar-refractivity contribution < 1.29 is 0 Å². The minimum absolute atomic E-state index is 0.730. The molecule has 0 amide bonds. The van der Waals surface area contributed by atoms with Gasteiger partial charge in [0, 0.05) is 11.9 Å². The standard InChI is InChI=1S/C12H19N/c1-5-6-12-10(4)11(8-13-12)7-9(2)3/h5-6,8-9,13H,7H2,1-4H3/b6-5-. The van der Waals surface area contributed by atoms with E-state index < -0.39 is 0 Å². The number of allylic oxidation sites excluding steroid dienone is 1. The van der Waals surface area contributed by atoms with E-state index >= 15 is 0 Å². The number of aromatic amines is 1. The molecule has 1 rings (SSSR count). The van der Waals surface area contributed by atoms with E-state index in [0.717, 1.165) is 5.92 Å². The smallest absolute Gasteiger partial charge is 0.0409 e. The van der Waals surface area contributed by atoms with Crippen molar-refractivity contribution in [1.82, 2.24) is 4.98 Å². The Kier molecular flexibility index (Phi) is 3.35. The van der Waals surface area contributed by atoms with Crippen molar-refractivity contribution in [1.29, 1.82) is 0 Å². The summed E-state index contributed by atoms with van der Waals surface area (Å²) in [5, 5.41) is 0. The molecule has 1 heterocycles. The monoisotopic (exact) mass is 177 g/mol. The van der Waals surface area contributed by atoms with Crippen LogP contribution in [0.15, 0.2) is 12.3 Å². The molecule has 0 radical (unpaired) electrons. The molecule has 0 aliphatic rings. The van der Waals surface area contributed by atoms with E-state index in [4.69, 9.17) is 0 Å². The lowest BCUT2D eigenvalue weighted by Gasteiger charge is -2.03. The third kappa shape index (κ3) is 2.48. The molecule has 0 fully saturated rings. The molecule has 1 N–H and O–H groups in total. The maximum absolute atomic E-state index is 3.29. The first-order chi connectivity index (χ1) is 6.15. The average Bonchev–Trinajstić information content (AvgIpc) is 2.36. The Morgan fingerprint density at radius 1 is 1.46 bits per heavy atom. The van der Waals surface area contributed by atoms with Crippen LogP contribution in [-0.4, -0.2) is 4.98 Å². The van der Waals surface area contributed by atoms with Crippen LogP contribution in [0.25, 0.3) is 6.08 Å². The van der Waals surface area contributed by atoms with Crippen LogP contribution in [0.4, 0.5) is 0 Å². The molecule has 72 valence electrons. The van der Waals surface area contributed by atoms with E-state index in [1.165, 1.54) is 23.2 Å². The van der Waals surface area contributed by atoms with E-state index in [9.17, 15) is 0 Å². The zero-order chi connectivity index (χ0) is 9.84. The molecule has 0 aromatic carbocycles. The van der Waals surface area contributed by atoms with Gasteiger partial charge in [-0.25, -0.2) is 0 Å². The highest BCUT2D eigenvalue weighted by Gasteiger charge is 2.05. The van der Waals surface area contributed by atoms with Gasteiger partial charge in [0.15, 0.2) is 0 Å². The zero-order valence-corrected chi connectivity index (χ0v) is 9.02. The van der Waals surface area contributed by atoms with Gasteiger partial charge in [0.2, 0.25) is 0 Å². The lowest BCUT2D eigenvalue weighted by atomic mass is 10.0. The molecule has 0 aliphatic heterocycles. The van der Waals surface area contributed by atoms with Crippen LogP contribution in [0.1, 0.15) is 37.6 Å². The van der Waals surface area contributed by atoms with Crippen LogP contribution >= 0.6 is 0 Å². The van der Waals surface area contributed by atoms with Crippen molar-refractivity contribution in [2.75, 3.05) is 0 Å². The van der Waals surface area contributed by atoms with Crippen molar-refractivity contribution in [2.24, 2.45) is 5.92 Å². The highest BCUT2D eigenvalue weighted by atomic mass is 14.7. The summed E-state index contributed by atoms with van der Waals surface area (Å²) in [6.45, 7) is 8.73.